The van der Waals surface area contributed by atoms with E-state index in [-0.39, 0.29) is 10.8 Å². The predicted octanol–water partition coefficient (Wildman–Crippen LogP) is 3.29. The van der Waals surface area contributed by atoms with Crippen LogP contribution in [-0.4, -0.2) is 9.30 Å². The highest BCUT2D eigenvalue weighted by atomic mass is 32.2. The highest BCUT2D eigenvalue weighted by Crippen LogP contribution is 2.30. The van der Waals surface area contributed by atoms with Gasteiger partial charge in [-0.05, 0) is 63.6 Å². The van der Waals surface area contributed by atoms with E-state index in [2.05, 4.69) is 29.8 Å². The van der Waals surface area contributed by atoms with Crippen LogP contribution in [0.2, 0.25) is 0 Å². The Balaban J connectivity index is 2.15. The largest absolute Gasteiger partial charge is 0.598 e. The Kier molecular flexibility index (Phi) is 4.05. The fraction of sp³-hybridized carbons (Fsp3) is 0.600. The number of aryl methyl sites for hydroxylation is 1. The van der Waals surface area contributed by atoms with Crippen molar-refractivity contribution < 1.29 is 4.55 Å². The van der Waals surface area contributed by atoms with E-state index in [1.807, 2.05) is 20.8 Å². The lowest BCUT2D eigenvalue weighted by Gasteiger charge is -2.27. The van der Waals surface area contributed by atoms with Gasteiger partial charge in [0.2, 0.25) is 0 Å². The van der Waals surface area contributed by atoms with Crippen LogP contribution in [0, 0.1) is 0 Å². The Morgan fingerprint density at radius 2 is 2.00 bits per heavy atom. The fourth-order valence-electron chi connectivity index (χ4n) is 2.46. The molecule has 100 valence electrons. The fourth-order valence-corrected chi connectivity index (χ4v) is 3.26. The molecule has 0 radical (unpaired) electrons. The van der Waals surface area contributed by atoms with Crippen LogP contribution < -0.4 is 4.72 Å². The Morgan fingerprint density at radius 1 is 1.28 bits per heavy atom. The van der Waals surface area contributed by atoms with Crippen LogP contribution in [-0.2, 0) is 24.2 Å². The monoisotopic (exact) mass is 265 g/mol. The van der Waals surface area contributed by atoms with E-state index in [0.717, 1.165) is 0 Å². The first kappa shape index (κ1) is 13.9. The zero-order chi connectivity index (χ0) is 13.3. The molecule has 0 fully saturated rings. The highest BCUT2D eigenvalue weighted by molar-refractivity contribution is 7.90. The zero-order valence-corrected chi connectivity index (χ0v) is 12.6. The summed E-state index contributed by atoms with van der Waals surface area (Å²) in [7, 11) is 0. The van der Waals surface area contributed by atoms with Crippen LogP contribution in [0.4, 0.5) is 0 Å². The van der Waals surface area contributed by atoms with Crippen molar-refractivity contribution >= 4 is 11.4 Å². The Labute approximate surface area is 113 Å². The van der Waals surface area contributed by atoms with E-state index in [9.17, 15) is 4.55 Å². The minimum absolute atomic E-state index is 0.151. The van der Waals surface area contributed by atoms with Gasteiger partial charge in [0.15, 0.2) is 0 Å². The molecule has 0 aromatic heterocycles. The lowest BCUT2D eigenvalue weighted by molar-refractivity contribution is 0.530. The SMILES string of the molecule is C[C@H](N[S+]([O-])C(C)(C)C)c1cccc2c1CCC2. The summed E-state index contributed by atoms with van der Waals surface area (Å²) in [4.78, 5) is 0. The topological polar surface area (TPSA) is 35.1 Å². The van der Waals surface area contributed by atoms with Gasteiger partial charge in [0, 0.05) is 11.4 Å². The molecule has 1 aliphatic carbocycles. The third kappa shape index (κ3) is 2.90. The molecule has 0 aliphatic heterocycles. The number of rotatable bonds is 3. The first-order valence-electron chi connectivity index (χ1n) is 6.68. The normalized spacial score (nSPS) is 18.5. The molecule has 1 N–H and O–H groups in total. The van der Waals surface area contributed by atoms with Gasteiger partial charge in [0.1, 0.15) is 4.75 Å². The molecule has 2 atom stereocenters. The molecule has 1 aromatic carbocycles. The molecule has 0 heterocycles. The average molecular weight is 265 g/mol. The van der Waals surface area contributed by atoms with Crippen LogP contribution in [0.1, 0.15) is 56.8 Å². The van der Waals surface area contributed by atoms with Gasteiger partial charge in [-0.15, -0.1) is 4.72 Å². The van der Waals surface area contributed by atoms with Crippen LogP contribution in [0.15, 0.2) is 18.2 Å². The second kappa shape index (κ2) is 5.24. The van der Waals surface area contributed by atoms with Crippen molar-refractivity contribution in [3.05, 3.63) is 34.9 Å². The van der Waals surface area contributed by atoms with Crippen LogP contribution in [0.25, 0.3) is 0 Å². The van der Waals surface area contributed by atoms with Gasteiger partial charge in [0.05, 0.1) is 6.04 Å². The summed E-state index contributed by atoms with van der Waals surface area (Å²) in [5.41, 5.74) is 4.27. The van der Waals surface area contributed by atoms with Crippen LogP contribution >= 0.6 is 0 Å². The van der Waals surface area contributed by atoms with Gasteiger partial charge >= 0.3 is 0 Å². The molecule has 0 bridgehead atoms. The molecule has 18 heavy (non-hydrogen) atoms. The standard InChI is InChI=1S/C15H23NOS/c1-11(16-18(17)15(2,3)4)13-9-5-7-12-8-6-10-14(12)13/h5,7,9,11,16H,6,8,10H2,1-4H3/t11-,18?/m0/s1. The van der Waals surface area contributed by atoms with Crippen molar-refractivity contribution in [1.82, 2.24) is 4.72 Å². The minimum atomic E-state index is -1.01. The van der Waals surface area contributed by atoms with Crippen molar-refractivity contribution in [3.8, 4) is 0 Å². The molecule has 2 rings (SSSR count). The zero-order valence-electron chi connectivity index (χ0n) is 11.7. The van der Waals surface area contributed by atoms with Gasteiger partial charge in [-0.1, -0.05) is 18.2 Å². The first-order chi connectivity index (χ1) is 8.39. The van der Waals surface area contributed by atoms with Crippen molar-refractivity contribution in [2.75, 3.05) is 0 Å². The predicted molar refractivity (Wildman–Crippen MR) is 77.9 cm³/mol. The second-order valence-corrected chi connectivity index (χ2v) is 8.06. The smallest absolute Gasteiger partial charge is 0.136 e. The molecular weight excluding hydrogens is 242 g/mol. The number of hydrogen-bond acceptors (Lipinski definition) is 2. The van der Waals surface area contributed by atoms with E-state index in [1.54, 1.807) is 0 Å². The Bertz CT molecular complexity index is 425. The number of nitrogens with one attached hydrogen (secondary N) is 1. The number of benzene rings is 1. The maximum absolute atomic E-state index is 12.1. The van der Waals surface area contributed by atoms with Crippen LogP contribution in [0.5, 0.6) is 0 Å². The minimum Gasteiger partial charge on any atom is -0.598 e. The van der Waals surface area contributed by atoms with E-state index in [0.29, 0.717) is 0 Å². The van der Waals surface area contributed by atoms with Gasteiger partial charge in [-0.3, -0.25) is 0 Å². The third-order valence-electron chi connectivity index (χ3n) is 3.49. The molecule has 1 aliphatic rings. The van der Waals surface area contributed by atoms with Gasteiger partial charge in [-0.25, -0.2) is 0 Å². The summed E-state index contributed by atoms with van der Waals surface area (Å²) in [5.74, 6) is 0. The number of fused-ring (bicyclic) bond motifs is 1. The number of hydrogen-bond donors (Lipinski definition) is 1. The Hall–Kier alpha value is -0.510. The van der Waals surface area contributed by atoms with Crippen LogP contribution in [0.3, 0.4) is 0 Å². The van der Waals surface area contributed by atoms with E-state index < -0.39 is 11.4 Å². The molecule has 0 saturated carbocycles. The molecule has 3 heteroatoms. The average Bonchev–Trinajstić information content (AvgIpc) is 2.74. The van der Waals surface area contributed by atoms with Crippen molar-refractivity contribution in [2.45, 2.75) is 57.7 Å². The van der Waals surface area contributed by atoms with Gasteiger partial charge in [-0.2, -0.15) is 0 Å². The van der Waals surface area contributed by atoms with Gasteiger partial charge < -0.3 is 4.55 Å². The lowest BCUT2D eigenvalue weighted by atomic mass is 9.99. The van der Waals surface area contributed by atoms with Crippen molar-refractivity contribution in [3.63, 3.8) is 0 Å². The molecular formula is C15H23NOS. The molecule has 2 nitrogen and oxygen atoms in total. The van der Waals surface area contributed by atoms with E-state index >= 15 is 0 Å². The maximum Gasteiger partial charge on any atom is 0.136 e. The Morgan fingerprint density at radius 3 is 2.67 bits per heavy atom. The second-order valence-electron chi connectivity index (χ2n) is 6.06. The highest BCUT2D eigenvalue weighted by Gasteiger charge is 2.29. The summed E-state index contributed by atoms with van der Waals surface area (Å²) in [5, 5.41) is 0. The molecule has 0 saturated heterocycles. The first-order valence-corrected chi connectivity index (χ1v) is 7.83. The molecule has 1 unspecified atom stereocenters. The summed E-state index contributed by atoms with van der Waals surface area (Å²) >= 11 is -1.01. The van der Waals surface area contributed by atoms with Gasteiger partial charge in [0.25, 0.3) is 0 Å². The quantitative estimate of drug-likeness (QED) is 0.851. The summed E-state index contributed by atoms with van der Waals surface area (Å²) in [6, 6.07) is 6.66. The molecule has 0 amide bonds. The molecule has 0 spiro atoms. The summed E-state index contributed by atoms with van der Waals surface area (Å²) < 4.78 is 15.2. The summed E-state index contributed by atoms with van der Waals surface area (Å²) in [6.45, 7) is 8.10. The summed E-state index contributed by atoms with van der Waals surface area (Å²) in [6.07, 6.45) is 3.61. The third-order valence-corrected chi connectivity index (χ3v) is 5.17. The molecule has 1 aromatic rings. The van der Waals surface area contributed by atoms with Crippen molar-refractivity contribution in [1.29, 1.82) is 0 Å². The lowest BCUT2D eigenvalue weighted by Crippen LogP contribution is -2.40. The van der Waals surface area contributed by atoms with Crippen molar-refractivity contribution in [2.24, 2.45) is 0 Å². The maximum atomic E-state index is 12.1. The van der Waals surface area contributed by atoms with E-state index in [4.69, 9.17) is 0 Å². The van der Waals surface area contributed by atoms with E-state index in [1.165, 1.54) is 36.0 Å².